The van der Waals surface area contributed by atoms with E-state index in [1.165, 1.54) is 17.8 Å². The van der Waals surface area contributed by atoms with Crippen molar-refractivity contribution >= 4 is 16.9 Å². The van der Waals surface area contributed by atoms with Crippen LogP contribution in [0, 0.1) is 5.92 Å². The van der Waals surface area contributed by atoms with Crippen molar-refractivity contribution in [3.63, 3.8) is 0 Å². The van der Waals surface area contributed by atoms with Gasteiger partial charge in [-0.1, -0.05) is 78.5 Å². The Hall–Kier alpha value is -1.84. The Labute approximate surface area is 135 Å². The molecule has 0 spiro atoms. The zero-order valence-electron chi connectivity index (χ0n) is 12.4. The van der Waals surface area contributed by atoms with Gasteiger partial charge in [0.15, 0.2) is 5.12 Å². The van der Waals surface area contributed by atoms with Gasteiger partial charge in [0, 0.05) is 5.75 Å². The Morgan fingerprint density at radius 2 is 1.59 bits per heavy atom. The summed E-state index contributed by atoms with van der Waals surface area (Å²) in [6, 6.07) is 19.6. The predicted octanol–water partition coefficient (Wildman–Crippen LogP) is 3.85. The minimum atomic E-state index is -0.823. The molecule has 0 aliphatic rings. The fourth-order valence-corrected chi connectivity index (χ4v) is 3.15. The van der Waals surface area contributed by atoms with E-state index in [9.17, 15) is 9.90 Å². The summed E-state index contributed by atoms with van der Waals surface area (Å²) in [5.74, 6) is 0.156. The number of rotatable bonds is 7. The first kappa shape index (κ1) is 16.5. The quantitative estimate of drug-likeness (QED) is 0.789. The summed E-state index contributed by atoms with van der Waals surface area (Å²) in [6.07, 6.45) is 1.14. The number of aliphatic hydroxyl groups excluding tert-OH is 1. The van der Waals surface area contributed by atoms with Crippen molar-refractivity contribution in [2.24, 2.45) is 5.92 Å². The first-order chi connectivity index (χ1) is 10.7. The summed E-state index contributed by atoms with van der Waals surface area (Å²) in [4.78, 5) is 12.5. The van der Waals surface area contributed by atoms with Crippen LogP contribution < -0.4 is 0 Å². The molecule has 0 aliphatic carbocycles. The van der Waals surface area contributed by atoms with Gasteiger partial charge in [0.1, 0.15) is 0 Å². The van der Waals surface area contributed by atoms with E-state index in [0.29, 0.717) is 12.2 Å². The molecule has 2 aromatic carbocycles. The van der Waals surface area contributed by atoms with E-state index in [1.54, 1.807) is 0 Å². The third-order valence-corrected chi connectivity index (χ3v) is 4.54. The highest BCUT2D eigenvalue weighted by molar-refractivity contribution is 8.13. The molecule has 3 heteroatoms. The van der Waals surface area contributed by atoms with Crippen LogP contribution in [-0.4, -0.2) is 16.3 Å². The highest BCUT2D eigenvalue weighted by Gasteiger charge is 2.25. The molecule has 0 saturated heterocycles. The van der Waals surface area contributed by atoms with E-state index in [4.69, 9.17) is 0 Å². The molecular formula is C19H20O2S. The lowest BCUT2D eigenvalue weighted by atomic mass is 9.95. The summed E-state index contributed by atoms with van der Waals surface area (Å²) in [5, 5.41) is 10.1. The maximum Gasteiger partial charge on any atom is 0.195 e. The molecule has 0 aliphatic heterocycles. The topological polar surface area (TPSA) is 37.3 Å². The molecule has 22 heavy (non-hydrogen) atoms. The summed E-state index contributed by atoms with van der Waals surface area (Å²) < 4.78 is 0. The summed E-state index contributed by atoms with van der Waals surface area (Å²) in [5.41, 5.74) is 2.15. The molecular weight excluding hydrogens is 292 g/mol. The maximum absolute atomic E-state index is 12.5. The average Bonchev–Trinajstić information content (AvgIpc) is 2.58. The normalized spacial score (nSPS) is 13.3. The first-order valence-corrected chi connectivity index (χ1v) is 8.24. The van der Waals surface area contributed by atoms with Crippen molar-refractivity contribution in [3.8, 4) is 0 Å². The van der Waals surface area contributed by atoms with Gasteiger partial charge in [0.2, 0.25) is 0 Å². The Kier molecular flexibility index (Phi) is 6.44. The minimum Gasteiger partial charge on any atom is -0.388 e. The van der Waals surface area contributed by atoms with Crippen LogP contribution >= 0.6 is 11.8 Å². The van der Waals surface area contributed by atoms with E-state index in [-0.39, 0.29) is 5.12 Å². The molecule has 1 N–H and O–H groups in total. The Bertz CT molecular complexity index is 595. The smallest absolute Gasteiger partial charge is 0.195 e. The van der Waals surface area contributed by atoms with Crippen LogP contribution in [-0.2, 0) is 17.0 Å². The number of hydrogen-bond donors (Lipinski definition) is 1. The van der Waals surface area contributed by atoms with Gasteiger partial charge in [-0.15, -0.1) is 6.58 Å². The fraction of sp³-hybridized carbons (Fsp3) is 0.211. The van der Waals surface area contributed by atoms with Crippen LogP contribution in [0.25, 0.3) is 0 Å². The fourth-order valence-electron chi connectivity index (χ4n) is 2.21. The second-order valence-electron chi connectivity index (χ2n) is 5.12. The maximum atomic E-state index is 12.5. The van der Waals surface area contributed by atoms with Gasteiger partial charge in [0.25, 0.3) is 0 Å². The molecule has 114 valence electrons. The van der Waals surface area contributed by atoms with Crippen LogP contribution in [0.1, 0.15) is 11.1 Å². The number of aliphatic hydroxyl groups is 1. The third kappa shape index (κ3) is 4.86. The summed E-state index contributed by atoms with van der Waals surface area (Å²) in [7, 11) is 0. The number of hydrogen-bond acceptors (Lipinski definition) is 3. The molecule has 2 rings (SSSR count). The van der Waals surface area contributed by atoms with Gasteiger partial charge in [-0.3, -0.25) is 4.79 Å². The van der Waals surface area contributed by atoms with Crippen molar-refractivity contribution < 1.29 is 9.90 Å². The van der Waals surface area contributed by atoms with E-state index >= 15 is 0 Å². The van der Waals surface area contributed by atoms with Crippen LogP contribution in [0.3, 0.4) is 0 Å². The Balaban J connectivity index is 2.01. The predicted molar refractivity (Wildman–Crippen MR) is 92.6 cm³/mol. The van der Waals surface area contributed by atoms with Crippen molar-refractivity contribution in [1.82, 2.24) is 0 Å². The molecule has 0 radical (unpaired) electrons. The van der Waals surface area contributed by atoms with Gasteiger partial charge >= 0.3 is 0 Å². The molecule has 0 aromatic heterocycles. The average molecular weight is 312 g/mol. The lowest BCUT2D eigenvalue weighted by Crippen LogP contribution is -2.27. The van der Waals surface area contributed by atoms with Crippen molar-refractivity contribution in [1.29, 1.82) is 0 Å². The molecule has 2 atom stereocenters. The highest BCUT2D eigenvalue weighted by Crippen LogP contribution is 2.23. The molecule has 2 aromatic rings. The molecule has 0 fully saturated rings. The van der Waals surface area contributed by atoms with E-state index < -0.39 is 12.0 Å². The van der Waals surface area contributed by atoms with Crippen LogP contribution in [0.4, 0.5) is 0 Å². The molecule has 0 saturated carbocycles. The van der Waals surface area contributed by atoms with Crippen LogP contribution in [0.5, 0.6) is 0 Å². The molecule has 0 heterocycles. The van der Waals surface area contributed by atoms with Crippen molar-refractivity contribution in [2.75, 3.05) is 0 Å². The number of carbonyl (C=O) groups excluding carboxylic acids is 1. The largest absolute Gasteiger partial charge is 0.388 e. The van der Waals surface area contributed by atoms with Crippen molar-refractivity contribution in [2.45, 2.75) is 18.3 Å². The SMILES string of the molecule is C=C[C@@H](O)[C@H](Cc1ccccc1)C(=O)SCc1ccccc1. The van der Waals surface area contributed by atoms with Gasteiger partial charge < -0.3 is 5.11 Å². The van der Waals surface area contributed by atoms with E-state index in [0.717, 1.165) is 11.1 Å². The summed E-state index contributed by atoms with van der Waals surface area (Å²) >= 11 is 1.25. The zero-order chi connectivity index (χ0) is 15.8. The minimum absolute atomic E-state index is 0.0000983. The van der Waals surface area contributed by atoms with E-state index in [2.05, 4.69) is 6.58 Å². The second kappa shape index (κ2) is 8.57. The van der Waals surface area contributed by atoms with E-state index in [1.807, 2.05) is 60.7 Å². The molecule has 0 amide bonds. The molecule has 0 unspecified atom stereocenters. The number of carbonyl (C=O) groups is 1. The lowest BCUT2D eigenvalue weighted by Gasteiger charge is -2.19. The first-order valence-electron chi connectivity index (χ1n) is 7.26. The Morgan fingerprint density at radius 1 is 1.05 bits per heavy atom. The molecule has 2 nitrogen and oxygen atoms in total. The van der Waals surface area contributed by atoms with Crippen LogP contribution in [0.15, 0.2) is 73.3 Å². The van der Waals surface area contributed by atoms with Gasteiger partial charge in [-0.25, -0.2) is 0 Å². The summed E-state index contributed by atoms with van der Waals surface area (Å²) in [6.45, 7) is 3.61. The van der Waals surface area contributed by atoms with Crippen LogP contribution in [0.2, 0.25) is 0 Å². The van der Waals surface area contributed by atoms with Gasteiger partial charge in [-0.05, 0) is 17.5 Å². The second-order valence-corrected chi connectivity index (χ2v) is 6.10. The van der Waals surface area contributed by atoms with Gasteiger partial charge in [-0.2, -0.15) is 0 Å². The zero-order valence-corrected chi connectivity index (χ0v) is 13.2. The van der Waals surface area contributed by atoms with Crippen molar-refractivity contribution in [3.05, 3.63) is 84.4 Å². The monoisotopic (exact) mass is 312 g/mol. The number of benzene rings is 2. The Morgan fingerprint density at radius 3 is 2.14 bits per heavy atom. The standard InChI is InChI=1S/C19H20O2S/c1-2-18(20)17(13-15-9-5-3-6-10-15)19(21)22-14-16-11-7-4-8-12-16/h2-12,17-18,20H,1,13-14H2/t17-,18+/m0/s1. The lowest BCUT2D eigenvalue weighted by molar-refractivity contribution is -0.116. The molecule has 0 bridgehead atoms. The third-order valence-electron chi connectivity index (χ3n) is 3.48. The van der Waals surface area contributed by atoms with Gasteiger partial charge in [0.05, 0.1) is 12.0 Å². The highest BCUT2D eigenvalue weighted by atomic mass is 32.2. The number of thioether (sulfide) groups is 1.